The number of para-hydroxylation sites is 1. The van der Waals surface area contributed by atoms with E-state index < -0.39 is 0 Å². The Morgan fingerprint density at radius 2 is 1.82 bits per heavy atom. The van der Waals surface area contributed by atoms with Crippen LogP contribution in [0.15, 0.2) is 45.5 Å². The number of anilines is 1. The SMILES string of the molecule is Cc1cc(C(=O)CSc2nnc(NC(C)C)s2)c(C)n1-c1c(C)n(C)n(-c2ccccc2)c1=O. The summed E-state index contributed by atoms with van der Waals surface area (Å²) >= 11 is 2.82. The van der Waals surface area contributed by atoms with Gasteiger partial charge in [-0.3, -0.25) is 14.3 Å². The zero-order chi connectivity index (χ0) is 24.6. The molecule has 0 saturated heterocycles. The van der Waals surface area contributed by atoms with Crippen LogP contribution in [0.1, 0.15) is 41.3 Å². The van der Waals surface area contributed by atoms with Crippen LogP contribution >= 0.6 is 23.1 Å². The third-order valence-corrected chi connectivity index (χ3v) is 7.61. The molecule has 4 rings (SSSR count). The number of aryl methyl sites for hydroxylation is 1. The van der Waals surface area contributed by atoms with E-state index in [-0.39, 0.29) is 23.1 Å². The number of aromatic nitrogens is 5. The molecule has 0 bridgehead atoms. The summed E-state index contributed by atoms with van der Waals surface area (Å²) in [5.41, 5.74) is 4.27. The minimum Gasteiger partial charge on any atom is -0.358 e. The first-order valence-corrected chi connectivity index (χ1v) is 12.8. The molecule has 0 amide bonds. The molecular weight excluding hydrogens is 468 g/mol. The lowest BCUT2D eigenvalue weighted by Crippen LogP contribution is -2.22. The van der Waals surface area contributed by atoms with Gasteiger partial charge in [-0.1, -0.05) is 41.3 Å². The lowest BCUT2D eigenvalue weighted by molar-refractivity contribution is 0.102. The number of Topliss-reactive ketones (excluding diaryl/α,β-unsaturated/α-hetero) is 1. The van der Waals surface area contributed by atoms with Gasteiger partial charge >= 0.3 is 0 Å². The van der Waals surface area contributed by atoms with Gasteiger partial charge < -0.3 is 9.88 Å². The van der Waals surface area contributed by atoms with Crippen molar-refractivity contribution in [2.75, 3.05) is 11.1 Å². The zero-order valence-corrected chi connectivity index (χ0v) is 21.8. The third-order valence-electron chi connectivity index (χ3n) is 5.62. The summed E-state index contributed by atoms with van der Waals surface area (Å²) in [5, 5.41) is 12.2. The Morgan fingerprint density at radius 3 is 2.50 bits per heavy atom. The molecule has 1 N–H and O–H groups in total. The molecule has 10 heteroatoms. The van der Waals surface area contributed by atoms with E-state index >= 15 is 0 Å². The Balaban J connectivity index is 1.63. The van der Waals surface area contributed by atoms with Gasteiger partial charge in [-0.2, -0.15) is 0 Å². The number of ketones is 1. The van der Waals surface area contributed by atoms with E-state index in [4.69, 9.17) is 0 Å². The van der Waals surface area contributed by atoms with E-state index in [9.17, 15) is 9.59 Å². The number of nitrogens with zero attached hydrogens (tertiary/aromatic N) is 5. The number of carbonyl (C=O) groups excluding carboxylic acids is 1. The Labute approximate surface area is 206 Å². The Hall–Kier alpha value is -3.11. The van der Waals surface area contributed by atoms with E-state index in [1.165, 1.54) is 23.1 Å². The fourth-order valence-electron chi connectivity index (χ4n) is 3.98. The molecule has 3 aromatic heterocycles. The highest BCUT2D eigenvalue weighted by Crippen LogP contribution is 2.28. The maximum Gasteiger partial charge on any atom is 0.295 e. The number of carbonyl (C=O) groups is 1. The molecule has 0 unspecified atom stereocenters. The minimum atomic E-state index is -0.125. The van der Waals surface area contributed by atoms with E-state index in [0.717, 1.165) is 32.2 Å². The van der Waals surface area contributed by atoms with Crippen molar-refractivity contribution in [1.29, 1.82) is 0 Å². The lowest BCUT2D eigenvalue weighted by Gasteiger charge is -2.08. The molecule has 4 aromatic rings. The fraction of sp³-hybridized carbons (Fsp3) is 0.333. The molecule has 178 valence electrons. The first-order valence-electron chi connectivity index (χ1n) is 11.0. The molecule has 0 radical (unpaired) electrons. The predicted molar refractivity (Wildman–Crippen MR) is 138 cm³/mol. The van der Waals surface area contributed by atoms with E-state index in [0.29, 0.717) is 11.3 Å². The topological polar surface area (TPSA) is 86.7 Å². The predicted octanol–water partition coefficient (Wildman–Crippen LogP) is 4.54. The van der Waals surface area contributed by atoms with E-state index in [1.54, 1.807) is 4.68 Å². The highest BCUT2D eigenvalue weighted by Gasteiger charge is 2.24. The molecule has 0 spiro atoms. The summed E-state index contributed by atoms with van der Waals surface area (Å²) in [5.74, 6) is 0.248. The Kier molecular flexibility index (Phi) is 6.81. The molecule has 34 heavy (non-hydrogen) atoms. The second-order valence-corrected chi connectivity index (χ2v) is 10.6. The standard InChI is InChI=1S/C24H28N6O2S2/c1-14(2)25-23-26-27-24(34-23)33-13-20(31)19-12-15(3)29(16(19)4)21-17(5)28(6)30(22(21)32)18-10-8-7-9-11-18/h7-12,14H,13H2,1-6H3,(H,25,26). The van der Waals surface area contributed by atoms with Gasteiger partial charge in [-0.15, -0.1) is 10.2 Å². The number of hydrogen-bond acceptors (Lipinski definition) is 7. The summed E-state index contributed by atoms with van der Waals surface area (Å²) in [4.78, 5) is 26.6. The Bertz CT molecular complexity index is 1390. The summed E-state index contributed by atoms with van der Waals surface area (Å²) in [7, 11) is 1.87. The van der Waals surface area contributed by atoms with Crippen molar-refractivity contribution in [3.05, 3.63) is 69.4 Å². The van der Waals surface area contributed by atoms with Crippen LogP contribution in [-0.4, -0.2) is 41.7 Å². The first kappa shape index (κ1) is 24.0. The quantitative estimate of drug-likeness (QED) is 0.285. The molecule has 0 fully saturated rings. The van der Waals surface area contributed by atoms with Crippen molar-refractivity contribution in [1.82, 2.24) is 24.1 Å². The number of thioether (sulfide) groups is 1. The van der Waals surface area contributed by atoms with Crippen LogP contribution in [0.25, 0.3) is 11.4 Å². The largest absolute Gasteiger partial charge is 0.358 e. The number of rotatable bonds is 8. The van der Waals surface area contributed by atoms with Crippen LogP contribution in [0.5, 0.6) is 0 Å². The van der Waals surface area contributed by atoms with Crippen molar-refractivity contribution >= 4 is 34.0 Å². The molecule has 0 aliphatic rings. The van der Waals surface area contributed by atoms with Crippen LogP contribution < -0.4 is 10.9 Å². The minimum absolute atomic E-state index is 0.00473. The molecule has 3 heterocycles. The van der Waals surface area contributed by atoms with Gasteiger partial charge in [0.15, 0.2) is 10.1 Å². The van der Waals surface area contributed by atoms with Gasteiger partial charge in [0.2, 0.25) is 5.13 Å². The van der Waals surface area contributed by atoms with Crippen LogP contribution in [0.3, 0.4) is 0 Å². The van der Waals surface area contributed by atoms with Crippen molar-refractivity contribution in [2.45, 2.75) is 45.0 Å². The average Bonchev–Trinajstić information content (AvgIpc) is 3.42. The molecule has 1 aromatic carbocycles. The van der Waals surface area contributed by atoms with Crippen LogP contribution in [0.2, 0.25) is 0 Å². The zero-order valence-electron chi connectivity index (χ0n) is 20.1. The highest BCUT2D eigenvalue weighted by molar-refractivity contribution is 8.01. The normalized spacial score (nSPS) is 11.4. The molecule has 0 aliphatic carbocycles. The summed E-state index contributed by atoms with van der Waals surface area (Å²) in [6.07, 6.45) is 0. The van der Waals surface area contributed by atoms with Gasteiger partial charge in [-0.25, -0.2) is 4.68 Å². The second-order valence-electron chi connectivity index (χ2n) is 8.41. The summed E-state index contributed by atoms with van der Waals surface area (Å²) in [6, 6.07) is 11.7. The fourth-order valence-corrected chi connectivity index (χ4v) is 5.76. The molecule has 0 aliphatic heterocycles. The van der Waals surface area contributed by atoms with E-state index in [2.05, 4.69) is 15.5 Å². The molecule has 0 saturated carbocycles. The van der Waals surface area contributed by atoms with Crippen molar-refractivity contribution in [2.24, 2.45) is 7.05 Å². The number of benzene rings is 1. The number of hydrogen-bond donors (Lipinski definition) is 1. The van der Waals surface area contributed by atoms with Crippen LogP contribution in [0, 0.1) is 20.8 Å². The van der Waals surface area contributed by atoms with Crippen molar-refractivity contribution < 1.29 is 4.79 Å². The lowest BCUT2D eigenvalue weighted by atomic mass is 10.2. The smallest absolute Gasteiger partial charge is 0.295 e. The third kappa shape index (κ3) is 4.47. The van der Waals surface area contributed by atoms with Gasteiger partial charge in [0.25, 0.3) is 5.56 Å². The summed E-state index contributed by atoms with van der Waals surface area (Å²) < 4.78 is 6.14. The van der Waals surface area contributed by atoms with Crippen molar-refractivity contribution in [3.8, 4) is 11.4 Å². The molecule has 8 nitrogen and oxygen atoms in total. The van der Waals surface area contributed by atoms with Gasteiger partial charge in [0, 0.05) is 30.0 Å². The average molecular weight is 497 g/mol. The van der Waals surface area contributed by atoms with Gasteiger partial charge in [0.05, 0.1) is 17.1 Å². The van der Waals surface area contributed by atoms with Crippen LogP contribution in [-0.2, 0) is 7.05 Å². The Morgan fingerprint density at radius 1 is 1.12 bits per heavy atom. The summed E-state index contributed by atoms with van der Waals surface area (Å²) in [6.45, 7) is 9.81. The van der Waals surface area contributed by atoms with E-state index in [1.807, 2.05) is 87.3 Å². The number of nitrogens with one attached hydrogen (secondary N) is 1. The maximum absolute atomic E-state index is 13.5. The molecule has 0 atom stereocenters. The second kappa shape index (κ2) is 9.63. The molecular formula is C24H28N6O2S2. The van der Waals surface area contributed by atoms with Gasteiger partial charge in [-0.05, 0) is 52.8 Å². The monoisotopic (exact) mass is 496 g/mol. The first-order chi connectivity index (χ1) is 16.2. The highest BCUT2D eigenvalue weighted by atomic mass is 32.2. The maximum atomic E-state index is 13.5. The van der Waals surface area contributed by atoms with Crippen LogP contribution in [0.4, 0.5) is 5.13 Å². The van der Waals surface area contributed by atoms with Gasteiger partial charge in [0.1, 0.15) is 5.69 Å². The van der Waals surface area contributed by atoms with Crippen molar-refractivity contribution in [3.63, 3.8) is 0 Å².